The predicted octanol–water partition coefficient (Wildman–Crippen LogP) is 3.84. The van der Waals surface area contributed by atoms with E-state index in [4.69, 9.17) is 5.11 Å². The minimum atomic E-state index is -0.0916. The Balaban J connectivity index is 2.23. The Kier molecular flexibility index (Phi) is 4.66. The average molecular weight is 317 g/mol. The standard InChI is InChI=1S/C16H13BrO2/c17-15-8-6-13(11-18)10-14(15)16(19)9-7-12-4-2-1-3-5-12/h1-10,18H,11H2/b9-7+. The van der Waals surface area contributed by atoms with Gasteiger partial charge in [-0.1, -0.05) is 58.4 Å². The first-order valence-electron chi connectivity index (χ1n) is 5.87. The van der Waals surface area contributed by atoms with Crippen LogP contribution in [0.5, 0.6) is 0 Å². The molecule has 0 aromatic heterocycles. The van der Waals surface area contributed by atoms with E-state index in [1.165, 1.54) is 6.08 Å². The van der Waals surface area contributed by atoms with Crippen molar-refractivity contribution >= 4 is 27.8 Å². The van der Waals surface area contributed by atoms with E-state index < -0.39 is 0 Å². The van der Waals surface area contributed by atoms with Crippen molar-refractivity contribution in [2.24, 2.45) is 0 Å². The molecule has 0 unspecified atom stereocenters. The third-order valence-electron chi connectivity index (χ3n) is 2.71. The van der Waals surface area contributed by atoms with Gasteiger partial charge in [-0.05, 0) is 29.3 Å². The Morgan fingerprint density at radius 2 is 1.89 bits per heavy atom. The Bertz CT molecular complexity index is 603. The summed E-state index contributed by atoms with van der Waals surface area (Å²) in [6.07, 6.45) is 3.32. The Labute approximate surface area is 120 Å². The molecule has 3 heteroatoms. The summed E-state index contributed by atoms with van der Waals surface area (Å²) in [6.45, 7) is -0.0735. The molecule has 0 atom stereocenters. The molecule has 96 valence electrons. The van der Waals surface area contributed by atoms with Crippen LogP contribution in [0, 0.1) is 0 Å². The van der Waals surface area contributed by atoms with Gasteiger partial charge in [0.1, 0.15) is 0 Å². The fourth-order valence-electron chi connectivity index (χ4n) is 1.69. The van der Waals surface area contributed by atoms with Gasteiger partial charge >= 0.3 is 0 Å². The highest BCUT2D eigenvalue weighted by atomic mass is 79.9. The molecule has 19 heavy (non-hydrogen) atoms. The van der Waals surface area contributed by atoms with E-state index in [-0.39, 0.29) is 12.4 Å². The van der Waals surface area contributed by atoms with Crippen LogP contribution < -0.4 is 0 Å². The summed E-state index contributed by atoms with van der Waals surface area (Å²) in [4.78, 5) is 12.1. The first kappa shape index (κ1) is 13.7. The number of aliphatic hydroxyl groups is 1. The zero-order valence-corrected chi connectivity index (χ0v) is 11.8. The van der Waals surface area contributed by atoms with Gasteiger partial charge in [0.2, 0.25) is 0 Å². The van der Waals surface area contributed by atoms with E-state index in [1.807, 2.05) is 30.3 Å². The molecule has 2 aromatic rings. The van der Waals surface area contributed by atoms with Crippen LogP contribution in [0.4, 0.5) is 0 Å². The van der Waals surface area contributed by atoms with Crippen LogP contribution >= 0.6 is 15.9 Å². The lowest BCUT2D eigenvalue weighted by Crippen LogP contribution is -1.97. The minimum Gasteiger partial charge on any atom is -0.392 e. The van der Waals surface area contributed by atoms with E-state index in [2.05, 4.69) is 15.9 Å². The number of hydrogen-bond acceptors (Lipinski definition) is 2. The van der Waals surface area contributed by atoms with Crippen molar-refractivity contribution in [2.75, 3.05) is 0 Å². The smallest absolute Gasteiger partial charge is 0.186 e. The summed E-state index contributed by atoms with van der Waals surface area (Å²) >= 11 is 3.35. The van der Waals surface area contributed by atoms with Crippen LogP contribution in [0.3, 0.4) is 0 Å². The lowest BCUT2D eigenvalue weighted by molar-refractivity contribution is 0.104. The van der Waals surface area contributed by atoms with Crippen molar-refractivity contribution in [3.05, 3.63) is 75.8 Å². The maximum absolute atomic E-state index is 12.1. The molecule has 1 N–H and O–H groups in total. The molecule has 0 spiro atoms. The Hall–Kier alpha value is -1.71. The SMILES string of the molecule is O=C(/C=C/c1ccccc1)c1cc(CO)ccc1Br. The van der Waals surface area contributed by atoms with Gasteiger partial charge in [0, 0.05) is 10.0 Å². The third-order valence-corrected chi connectivity index (χ3v) is 3.40. The molecule has 0 aliphatic rings. The molecule has 0 saturated carbocycles. The van der Waals surface area contributed by atoms with Gasteiger partial charge in [0.05, 0.1) is 6.61 Å². The third kappa shape index (κ3) is 3.63. The largest absolute Gasteiger partial charge is 0.392 e. The fourth-order valence-corrected chi connectivity index (χ4v) is 2.13. The molecule has 0 radical (unpaired) electrons. The molecular weight excluding hydrogens is 304 g/mol. The van der Waals surface area contributed by atoms with E-state index >= 15 is 0 Å². The monoisotopic (exact) mass is 316 g/mol. The highest BCUT2D eigenvalue weighted by Crippen LogP contribution is 2.20. The van der Waals surface area contributed by atoms with Crippen molar-refractivity contribution in [1.82, 2.24) is 0 Å². The van der Waals surface area contributed by atoms with Crippen LogP contribution in [0.15, 0.2) is 59.1 Å². The molecule has 2 rings (SSSR count). The molecule has 0 heterocycles. The van der Waals surface area contributed by atoms with Gasteiger partial charge in [-0.3, -0.25) is 4.79 Å². The van der Waals surface area contributed by atoms with Crippen molar-refractivity contribution in [3.63, 3.8) is 0 Å². The Morgan fingerprint density at radius 1 is 1.16 bits per heavy atom. The summed E-state index contributed by atoms with van der Waals surface area (Å²) in [5.74, 6) is -0.0916. The molecule has 0 fully saturated rings. The summed E-state index contributed by atoms with van der Waals surface area (Å²) in [5.41, 5.74) is 2.25. The maximum Gasteiger partial charge on any atom is 0.186 e. The second kappa shape index (κ2) is 6.45. The number of hydrogen-bond donors (Lipinski definition) is 1. The summed E-state index contributed by atoms with van der Waals surface area (Å²) < 4.78 is 0.729. The van der Waals surface area contributed by atoms with Gasteiger partial charge in [-0.2, -0.15) is 0 Å². The second-order valence-electron chi connectivity index (χ2n) is 4.08. The predicted molar refractivity (Wildman–Crippen MR) is 79.9 cm³/mol. The van der Waals surface area contributed by atoms with Crippen molar-refractivity contribution in [2.45, 2.75) is 6.61 Å². The van der Waals surface area contributed by atoms with E-state index in [0.29, 0.717) is 5.56 Å². The van der Waals surface area contributed by atoms with Crippen LogP contribution in [0.1, 0.15) is 21.5 Å². The fraction of sp³-hybridized carbons (Fsp3) is 0.0625. The molecule has 0 amide bonds. The average Bonchev–Trinajstić information content (AvgIpc) is 2.46. The molecule has 2 aromatic carbocycles. The van der Waals surface area contributed by atoms with Crippen molar-refractivity contribution in [1.29, 1.82) is 0 Å². The van der Waals surface area contributed by atoms with Gasteiger partial charge < -0.3 is 5.11 Å². The summed E-state index contributed by atoms with van der Waals surface area (Å²) in [5, 5.41) is 9.10. The van der Waals surface area contributed by atoms with Gasteiger partial charge in [-0.15, -0.1) is 0 Å². The molecule has 0 saturated heterocycles. The van der Waals surface area contributed by atoms with E-state index in [0.717, 1.165) is 15.6 Å². The highest BCUT2D eigenvalue weighted by Gasteiger charge is 2.07. The number of halogens is 1. The first-order valence-corrected chi connectivity index (χ1v) is 6.67. The summed E-state index contributed by atoms with van der Waals surface area (Å²) in [6, 6.07) is 14.9. The lowest BCUT2D eigenvalue weighted by atomic mass is 10.1. The number of carbonyl (C=O) groups excluding carboxylic acids is 1. The normalized spacial score (nSPS) is 10.8. The molecule has 0 aliphatic carbocycles. The zero-order chi connectivity index (χ0) is 13.7. The molecule has 0 aliphatic heterocycles. The van der Waals surface area contributed by atoms with Gasteiger partial charge in [0.25, 0.3) is 0 Å². The second-order valence-corrected chi connectivity index (χ2v) is 4.93. The van der Waals surface area contributed by atoms with Crippen LogP contribution in [-0.4, -0.2) is 10.9 Å². The van der Waals surface area contributed by atoms with Crippen molar-refractivity contribution < 1.29 is 9.90 Å². The molecule has 0 bridgehead atoms. The maximum atomic E-state index is 12.1. The van der Waals surface area contributed by atoms with Crippen LogP contribution in [0.2, 0.25) is 0 Å². The quantitative estimate of drug-likeness (QED) is 0.687. The number of aliphatic hydroxyl groups excluding tert-OH is 1. The first-order chi connectivity index (χ1) is 9.20. The molecule has 2 nitrogen and oxygen atoms in total. The van der Waals surface area contributed by atoms with Gasteiger partial charge in [-0.25, -0.2) is 0 Å². The highest BCUT2D eigenvalue weighted by molar-refractivity contribution is 9.10. The number of rotatable bonds is 4. The Morgan fingerprint density at radius 3 is 2.58 bits per heavy atom. The van der Waals surface area contributed by atoms with Crippen molar-refractivity contribution in [3.8, 4) is 0 Å². The van der Waals surface area contributed by atoms with E-state index in [1.54, 1.807) is 24.3 Å². The molecular formula is C16H13BrO2. The van der Waals surface area contributed by atoms with Gasteiger partial charge in [0.15, 0.2) is 5.78 Å². The van der Waals surface area contributed by atoms with Crippen LogP contribution in [0.25, 0.3) is 6.08 Å². The number of allylic oxidation sites excluding steroid dienone is 1. The lowest BCUT2D eigenvalue weighted by Gasteiger charge is -2.03. The number of benzene rings is 2. The summed E-state index contributed by atoms with van der Waals surface area (Å²) in [7, 11) is 0. The topological polar surface area (TPSA) is 37.3 Å². The number of carbonyl (C=O) groups is 1. The van der Waals surface area contributed by atoms with E-state index in [9.17, 15) is 4.79 Å². The minimum absolute atomic E-state index is 0.0735. The zero-order valence-electron chi connectivity index (χ0n) is 10.2. The number of ketones is 1. The van der Waals surface area contributed by atoms with Crippen LogP contribution in [-0.2, 0) is 6.61 Å².